The number of piperidine rings is 1. The van der Waals surface area contributed by atoms with E-state index in [1.54, 1.807) is 17.0 Å². The van der Waals surface area contributed by atoms with Crippen molar-refractivity contribution in [3.8, 4) is 0 Å². The molecule has 180 valence electrons. The third kappa shape index (κ3) is 3.80. The Kier molecular flexibility index (Phi) is 5.14. The number of hydrogen-bond acceptors (Lipinski definition) is 7. The van der Waals surface area contributed by atoms with Crippen molar-refractivity contribution < 1.29 is 28.7 Å². The fraction of sp³-hybridized carbons (Fsp3) is 0.542. The molecule has 0 spiro atoms. The van der Waals surface area contributed by atoms with Crippen molar-refractivity contribution in [3.63, 3.8) is 0 Å². The van der Waals surface area contributed by atoms with Gasteiger partial charge in [-0.15, -0.1) is 0 Å². The number of fused-ring (bicyclic) bond motifs is 1. The molecule has 1 aromatic carbocycles. The van der Waals surface area contributed by atoms with Crippen LogP contribution in [-0.2, 0) is 14.3 Å². The third-order valence-electron chi connectivity index (χ3n) is 6.93. The highest BCUT2D eigenvalue weighted by Crippen LogP contribution is 2.37. The van der Waals surface area contributed by atoms with Gasteiger partial charge in [-0.3, -0.25) is 29.4 Å². The Morgan fingerprint density at radius 2 is 1.62 bits per heavy atom. The summed E-state index contributed by atoms with van der Waals surface area (Å²) < 4.78 is 5.41. The van der Waals surface area contributed by atoms with Crippen LogP contribution in [0.5, 0.6) is 0 Å². The number of amides is 5. The predicted octanol–water partition coefficient (Wildman–Crippen LogP) is 1.39. The lowest BCUT2D eigenvalue weighted by molar-refractivity contribution is -0.136. The van der Waals surface area contributed by atoms with Crippen molar-refractivity contribution in [3.05, 3.63) is 29.3 Å². The Hall–Kier alpha value is -3.43. The standard InChI is InChI=1S/C24H28N4O6/c1-24(2,3)34-23(33)27-11-14(12-27)13-9-26(10-13)15-4-5-16-17(8-15)22(32)28(21(16)31)18-6-7-19(29)25-20(18)30/h4-5,8,13-14,18H,6-7,9-12H2,1-3H3,(H,25,29,30). The topological polar surface area (TPSA) is 116 Å². The van der Waals surface area contributed by atoms with Crippen LogP contribution in [0, 0.1) is 11.8 Å². The average Bonchev–Trinajstić information content (AvgIpc) is 2.91. The van der Waals surface area contributed by atoms with Crippen LogP contribution >= 0.6 is 0 Å². The van der Waals surface area contributed by atoms with Gasteiger partial charge in [-0.25, -0.2) is 4.79 Å². The number of benzene rings is 1. The van der Waals surface area contributed by atoms with Crippen molar-refractivity contribution in [2.75, 3.05) is 31.1 Å². The van der Waals surface area contributed by atoms with Crippen molar-refractivity contribution in [1.82, 2.24) is 15.1 Å². The molecular formula is C24H28N4O6. The molecule has 10 nitrogen and oxygen atoms in total. The lowest BCUT2D eigenvalue weighted by atomic mass is 9.80. The van der Waals surface area contributed by atoms with E-state index in [-0.39, 0.29) is 30.1 Å². The predicted molar refractivity (Wildman–Crippen MR) is 120 cm³/mol. The van der Waals surface area contributed by atoms with Gasteiger partial charge in [0.15, 0.2) is 0 Å². The molecule has 1 atom stereocenters. The van der Waals surface area contributed by atoms with Gasteiger partial charge in [0.25, 0.3) is 11.8 Å². The summed E-state index contributed by atoms with van der Waals surface area (Å²) in [5, 5.41) is 2.20. The molecule has 5 amide bonds. The average molecular weight is 469 g/mol. The van der Waals surface area contributed by atoms with E-state index in [1.165, 1.54) is 0 Å². The maximum Gasteiger partial charge on any atom is 0.410 e. The molecule has 0 bridgehead atoms. The number of ether oxygens (including phenoxy) is 1. The summed E-state index contributed by atoms with van der Waals surface area (Å²) >= 11 is 0. The molecule has 4 heterocycles. The van der Waals surface area contributed by atoms with Crippen molar-refractivity contribution >= 4 is 35.4 Å². The van der Waals surface area contributed by atoms with Crippen molar-refractivity contribution in [2.45, 2.75) is 45.3 Å². The SMILES string of the molecule is CC(C)(C)OC(=O)N1CC(C2CN(c3ccc4c(c3)C(=O)N(C3CCC(=O)NC3=O)C4=O)C2)C1. The summed E-state index contributed by atoms with van der Waals surface area (Å²) in [7, 11) is 0. The highest BCUT2D eigenvalue weighted by atomic mass is 16.6. The molecule has 0 aliphatic carbocycles. The highest BCUT2D eigenvalue weighted by molar-refractivity contribution is 6.23. The van der Waals surface area contributed by atoms with Gasteiger partial charge in [0.2, 0.25) is 11.8 Å². The number of nitrogens with one attached hydrogen (secondary N) is 1. The van der Waals surface area contributed by atoms with Crippen LogP contribution in [0.4, 0.5) is 10.5 Å². The fourth-order valence-electron chi connectivity index (χ4n) is 4.96. The number of carbonyl (C=O) groups excluding carboxylic acids is 5. The Labute approximate surface area is 197 Å². The number of rotatable bonds is 3. The number of carbonyl (C=O) groups is 5. The number of likely N-dealkylation sites (tertiary alicyclic amines) is 1. The first-order valence-corrected chi connectivity index (χ1v) is 11.6. The first kappa shape index (κ1) is 22.4. The Morgan fingerprint density at radius 1 is 0.971 bits per heavy atom. The van der Waals surface area contributed by atoms with E-state index in [0.29, 0.717) is 24.9 Å². The monoisotopic (exact) mass is 468 g/mol. The molecule has 10 heteroatoms. The molecule has 4 aliphatic heterocycles. The minimum atomic E-state index is -0.964. The van der Waals surface area contributed by atoms with Crippen LogP contribution < -0.4 is 10.2 Å². The minimum Gasteiger partial charge on any atom is -0.444 e. The first-order valence-electron chi connectivity index (χ1n) is 11.6. The second kappa shape index (κ2) is 7.82. The zero-order chi connectivity index (χ0) is 24.4. The molecule has 0 saturated carbocycles. The quantitative estimate of drug-likeness (QED) is 0.667. The summed E-state index contributed by atoms with van der Waals surface area (Å²) in [4.78, 5) is 66.5. The van der Waals surface area contributed by atoms with Gasteiger partial charge >= 0.3 is 6.09 Å². The summed E-state index contributed by atoms with van der Waals surface area (Å²) in [5.74, 6) is -1.14. The molecule has 34 heavy (non-hydrogen) atoms. The first-order chi connectivity index (χ1) is 16.0. The van der Waals surface area contributed by atoms with Gasteiger partial charge in [-0.1, -0.05) is 0 Å². The lowest BCUT2D eigenvalue weighted by Crippen LogP contribution is -2.61. The zero-order valence-corrected chi connectivity index (χ0v) is 19.5. The molecule has 1 N–H and O–H groups in total. The van der Waals surface area contributed by atoms with E-state index in [2.05, 4.69) is 10.2 Å². The van der Waals surface area contributed by atoms with Gasteiger partial charge in [-0.05, 0) is 45.4 Å². The smallest absolute Gasteiger partial charge is 0.410 e. The highest BCUT2D eigenvalue weighted by Gasteiger charge is 2.46. The molecule has 1 aromatic rings. The van der Waals surface area contributed by atoms with E-state index in [9.17, 15) is 24.0 Å². The Morgan fingerprint density at radius 3 is 2.26 bits per heavy atom. The van der Waals surface area contributed by atoms with Crippen LogP contribution in [0.2, 0.25) is 0 Å². The molecular weight excluding hydrogens is 440 g/mol. The molecule has 4 aliphatic rings. The van der Waals surface area contributed by atoms with Gasteiger partial charge in [0, 0.05) is 50.1 Å². The molecule has 3 saturated heterocycles. The van der Waals surface area contributed by atoms with E-state index >= 15 is 0 Å². The van der Waals surface area contributed by atoms with E-state index < -0.39 is 35.3 Å². The summed E-state index contributed by atoms with van der Waals surface area (Å²) in [6, 6.07) is 4.21. The van der Waals surface area contributed by atoms with Crippen molar-refractivity contribution in [1.29, 1.82) is 0 Å². The summed E-state index contributed by atoms with van der Waals surface area (Å²) in [6.07, 6.45) is -0.0443. The second-order valence-electron chi connectivity index (χ2n) is 10.5. The maximum atomic E-state index is 13.0. The van der Waals surface area contributed by atoms with Crippen LogP contribution in [0.25, 0.3) is 0 Å². The number of nitrogens with zero attached hydrogens (tertiary/aromatic N) is 3. The Balaban J connectivity index is 1.19. The summed E-state index contributed by atoms with van der Waals surface area (Å²) in [5.41, 5.74) is 0.915. The molecule has 3 fully saturated rings. The fourth-order valence-corrected chi connectivity index (χ4v) is 4.96. The van der Waals surface area contributed by atoms with Crippen molar-refractivity contribution in [2.24, 2.45) is 11.8 Å². The van der Waals surface area contributed by atoms with Gasteiger partial charge in [-0.2, -0.15) is 0 Å². The van der Waals surface area contributed by atoms with E-state index in [0.717, 1.165) is 23.7 Å². The van der Waals surface area contributed by atoms with E-state index in [4.69, 9.17) is 4.74 Å². The third-order valence-corrected chi connectivity index (χ3v) is 6.93. The number of anilines is 1. The second-order valence-corrected chi connectivity index (χ2v) is 10.5. The summed E-state index contributed by atoms with van der Waals surface area (Å²) in [6.45, 7) is 8.55. The van der Waals surface area contributed by atoms with E-state index in [1.807, 2.05) is 26.8 Å². The maximum absolute atomic E-state index is 13.0. The van der Waals surface area contributed by atoms with Gasteiger partial charge < -0.3 is 14.5 Å². The Bertz CT molecular complexity index is 1100. The molecule has 5 rings (SSSR count). The molecule has 1 unspecified atom stereocenters. The normalized spacial score (nSPS) is 23.5. The van der Waals surface area contributed by atoms with Crippen LogP contribution in [-0.4, -0.2) is 77.3 Å². The van der Waals surface area contributed by atoms with Gasteiger partial charge in [0.1, 0.15) is 11.6 Å². The van der Waals surface area contributed by atoms with Gasteiger partial charge in [0.05, 0.1) is 11.1 Å². The molecule has 0 radical (unpaired) electrons. The zero-order valence-electron chi connectivity index (χ0n) is 19.5. The van der Waals surface area contributed by atoms with Crippen LogP contribution in [0.15, 0.2) is 18.2 Å². The minimum absolute atomic E-state index is 0.0940. The lowest BCUT2D eigenvalue weighted by Gasteiger charge is -2.51. The molecule has 0 aromatic heterocycles. The number of imide groups is 2. The van der Waals surface area contributed by atoms with Crippen LogP contribution in [0.3, 0.4) is 0 Å². The van der Waals surface area contributed by atoms with Crippen LogP contribution in [0.1, 0.15) is 54.3 Å². The number of hydrogen-bond donors (Lipinski definition) is 1. The largest absolute Gasteiger partial charge is 0.444 e.